The van der Waals surface area contributed by atoms with Gasteiger partial charge in [0.1, 0.15) is 5.82 Å². The molecular weight excluding hydrogens is 221 g/mol. The zero-order chi connectivity index (χ0) is 12.4. The molecule has 0 bridgehead atoms. The van der Waals surface area contributed by atoms with Crippen LogP contribution in [0.1, 0.15) is 5.56 Å². The van der Waals surface area contributed by atoms with Crippen molar-refractivity contribution in [3.63, 3.8) is 0 Å². The van der Waals surface area contributed by atoms with Crippen molar-refractivity contribution < 1.29 is 9.31 Å². The number of hydrogen-bond donors (Lipinski definition) is 0. The first-order chi connectivity index (χ1) is 8.08. The first-order valence-electron chi connectivity index (χ1n) is 5.09. The Bertz CT molecular complexity index is 581. The van der Waals surface area contributed by atoms with Crippen LogP contribution in [-0.4, -0.2) is 4.92 Å². The molecule has 0 atom stereocenters. The van der Waals surface area contributed by atoms with Gasteiger partial charge in [0.15, 0.2) is 0 Å². The largest absolute Gasteiger partial charge is 0.277 e. The molecule has 0 aliphatic heterocycles. The van der Waals surface area contributed by atoms with Gasteiger partial charge in [-0.1, -0.05) is 18.2 Å². The van der Waals surface area contributed by atoms with E-state index in [-0.39, 0.29) is 5.69 Å². The lowest BCUT2D eigenvalue weighted by atomic mass is 10.0. The summed E-state index contributed by atoms with van der Waals surface area (Å²) in [5.74, 6) is -0.405. The smallest absolute Gasteiger partial charge is 0.258 e. The monoisotopic (exact) mass is 231 g/mol. The van der Waals surface area contributed by atoms with Crippen molar-refractivity contribution in [2.75, 3.05) is 0 Å². The first-order valence-corrected chi connectivity index (χ1v) is 5.09. The molecule has 0 aliphatic carbocycles. The molecule has 0 spiro atoms. The molecule has 0 N–H and O–H groups in total. The average molecular weight is 231 g/mol. The maximum Gasteiger partial charge on any atom is 0.277 e. The lowest BCUT2D eigenvalue weighted by molar-refractivity contribution is -0.384. The van der Waals surface area contributed by atoms with E-state index in [0.717, 1.165) is 5.56 Å². The fourth-order valence-corrected chi connectivity index (χ4v) is 1.69. The average Bonchev–Trinajstić information content (AvgIpc) is 2.28. The molecule has 0 fully saturated rings. The van der Waals surface area contributed by atoms with Crippen molar-refractivity contribution in [1.29, 1.82) is 0 Å². The van der Waals surface area contributed by atoms with Crippen molar-refractivity contribution >= 4 is 5.69 Å². The minimum atomic E-state index is -0.451. The van der Waals surface area contributed by atoms with E-state index in [1.165, 1.54) is 24.3 Å². The number of nitrogens with zero attached hydrogens (tertiary/aromatic N) is 1. The van der Waals surface area contributed by atoms with Crippen molar-refractivity contribution in [3.05, 3.63) is 64.0 Å². The summed E-state index contributed by atoms with van der Waals surface area (Å²) in [7, 11) is 0. The molecule has 0 aliphatic rings. The van der Waals surface area contributed by atoms with Gasteiger partial charge in [-0.2, -0.15) is 0 Å². The van der Waals surface area contributed by atoms with Gasteiger partial charge in [-0.3, -0.25) is 10.1 Å². The third-order valence-corrected chi connectivity index (χ3v) is 2.49. The van der Waals surface area contributed by atoms with Gasteiger partial charge in [-0.25, -0.2) is 4.39 Å². The number of nitro benzene ring substituents is 1. The summed E-state index contributed by atoms with van der Waals surface area (Å²) < 4.78 is 13.1. The van der Waals surface area contributed by atoms with E-state index in [9.17, 15) is 14.5 Å². The Morgan fingerprint density at radius 1 is 1.18 bits per heavy atom. The summed E-state index contributed by atoms with van der Waals surface area (Å²) >= 11 is 0. The minimum absolute atomic E-state index is 0.00407. The molecule has 3 nitrogen and oxygen atoms in total. The van der Waals surface area contributed by atoms with E-state index in [1.54, 1.807) is 25.1 Å². The van der Waals surface area contributed by atoms with Gasteiger partial charge >= 0.3 is 0 Å². The van der Waals surface area contributed by atoms with Crippen molar-refractivity contribution in [3.8, 4) is 11.1 Å². The van der Waals surface area contributed by atoms with Crippen LogP contribution in [0.25, 0.3) is 11.1 Å². The molecular formula is C13H10FNO2. The first kappa shape index (κ1) is 11.3. The van der Waals surface area contributed by atoms with Gasteiger partial charge in [0.2, 0.25) is 0 Å². The van der Waals surface area contributed by atoms with E-state index in [2.05, 4.69) is 0 Å². The van der Waals surface area contributed by atoms with Gasteiger partial charge in [-0.15, -0.1) is 0 Å². The lowest BCUT2D eigenvalue weighted by Crippen LogP contribution is -1.93. The Hall–Kier alpha value is -2.23. The number of halogens is 1. The van der Waals surface area contributed by atoms with Gasteiger partial charge in [0.25, 0.3) is 5.69 Å². The van der Waals surface area contributed by atoms with E-state index < -0.39 is 10.7 Å². The molecule has 0 saturated heterocycles. The summed E-state index contributed by atoms with van der Waals surface area (Å²) in [6, 6.07) is 10.7. The quantitative estimate of drug-likeness (QED) is 0.584. The Kier molecular flexibility index (Phi) is 2.87. The number of rotatable bonds is 2. The van der Waals surface area contributed by atoms with Crippen molar-refractivity contribution in [1.82, 2.24) is 0 Å². The molecule has 0 aromatic heterocycles. The Labute approximate surface area is 97.7 Å². The maximum absolute atomic E-state index is 13.1. The number of aryl methyl sites for hydroxylation is 1. The van der Waals surface area contributed by atoms with Gasteiger partial charge < -0.3 is 0 Å². The topological polar surface area (TPSA) is 43.1 Å². The summed E-state index contributed by atoms with van der Waals surface area (Å²) in [5, 5.41) is 10.9. The van der Waals surface area contributed by atoms with Crippen LogP contribution in [-0.2, 0) is 0 Å². The van der Waals surface area contributed by atoms with Crippen LogP contribution in [0.4, 0.5) is 10.1 Å². The third kappa shape index (κ3) is 2.30. The van der Waals surface area contributed by atoms with Crippen LogP contribution in [0, 0.1) is 22.9 Å². The highest BCUT2D eigenvalue weighted by atomic mass is 19.1. The highest BCUT2D eigenvalue weighted by Crippen LogP contribution is 2.30. The standard InChI is InChI=1S/C13H10FNO2/c1-9-5-6-12(13(7-9)15(16)17)10-3-2-4-11(14)8-10/h2-8H,1H3. The zero-order valence-electron chi connectivity index (χ0n) is 9.18. The fourth-order valence-electron chi connectivity index (χ4n) is 1.69. The predicted octanol–water partition coefficient (Wildman–Crippen LogP) is 3.71. The molecule has 17 heavy (non-hydrogen) atoms. The Balaban J connectivity index is 2.63. The molecule has 2 aromatic carbocycles. The van der Waals surface area contributed by atoms with E-state index in [0.29, 0.717) is 11.1 Å². The van der Waals surface area contributed by atoms with Crippen LogP contribution in [0.15, 0.2) is 42.5 Å². The summed E-state index contributed by atoms with van der Waals surface area (Å²) in [5.41, 5.74) is 1.74. The normalized spacial score (nSPS) is 10.2. The highest BCUT2D eigenvalue weighted by molar-refractivity contribution is 5.73. The second-order valence-electron chi connectivity index (χ2n) is 3.79. The van der Waals surface area contributed by atoms with Crippen LogP contribution in [0.2, 0.25) is 0 Å². The predicted molar refractivity (Wildman–Crippen MR) is 63.2 cm³/mol. The fraction of sp³-hybridized carbons (Fsp3) is 0.0769. The van der Waals surface area contributed by atoms with Crippen LogP contribution in [0.3, 0.4) is 0 Å². The Morgan fingerprint density at radius 3 is 2.59 bits per heavy atom. The molecule has 2 rings (SSSR count). The number of hydrogen-bond acceptors (Lipinski definition) is 2. The molecule has 4 heteroatoms. The summed E-state index contributed by atoms with van der Waals surface area (Å²) in [4.78, 5) is 10.5. The molecule has 86 valence electrons. The van der Waals surface area contributed by atoms with Gasteiger partial charge in [-0.05, 0) is 36.2 Å². The van der Waals surface area contributed by atoms with Crippen LogP contribution >= 0.6 is 0 Å². The van der Waals surface area contributed by atoms with Crippen LogP contribution in [0.5, 0.6) is 0 Å². The zero-order valence-corrected chi connectivity index (χ0v) is 9.18. The molecule has 0 saturated carbocycles. The number of benzene rings is 2. The van der Waals surface area contributed by atoms with Crippen molar-refractivity contribution in [2.24, 2.45) is 0 Å². The lowest BCUT2D eigenvalue weighted by Gasteiger charge is -2.04. The maximum atomic E-state index is 13.1. The van der Waals surface area contributed by atoms with Crippen molar-refractivity contribution in [2.45, 2.75) is 6.92 Å². The molecule has 0 unspecified atom stereocenters. The van der Waals surface area contributed by atoms with Gasteiger partial charge in [0.05, 0.1) is 10.5 Å². The molecule has 0 radical (unpaired) electrons. The van der Waals surface area contributed by atoms with E-state index in [1.807, 2.05) is 0 Å². The second kappa shape index (κ2) is 4.33. The Morgan fingerprint density at radius 2 is 1.94 bits per heavy atom. The molecule has 0 heterocycles. The molecule has 0 amide bonds. The summed E-state index contributed by atoms with van der Waals surface area (Å²) in [6.45, 7) is 1.78. The second-order valence-corrected chi connectivity index (χ2v) is 3.79. The van der Waals surface area contributed by atoms with E-state index in [4.69, 9.17) is 0 Å². The third-order valence-electron chi connectivity index (χ3n) is 2.49. The molecule has 2 aromatic rings. The highest BCUT2D eigenvalue weighted by Gasteiger charge is 2.15. The van der Waals surface area contributed by atoms with Gasteiger partial charge in [0, 0.05) is 6.07 Å². The minimum Gasteiger partial charge on any atom is -0.258 e. The summed E-state index contributed by atoms with van der Waals surface area (Å²) in [6.07, 6.45) is 0. The SMILES string of the molecule is Cc1ccc(-c2cccc(F)c2)c([N+](=O)[O-])c1. The number of nitro groups is 1. The van der Waals surface area contributed by atoms with Crippen LogP contribution < -0.4 is 0 Å². The van der Waals surface area contributed by atoms with E-state index >= 15 is 0 Å².